The lowest BCUT2D eigenvalue weighted by Gasteiger charge is -2.39. The molecule has 0 saturated carbocycles. The fraction of sp³-hybridized carbons (Fsp3) is 0.722. The molecule has 3 heterocycles. The molecule has 0 aromatic carbocycles. The molecule has 3 nitrogen and oxygen atoms in total. The van der Waals surface area contributed by atoms with E-state index in [1.54, 1.807) is 4.90 Å². The van der Waals surface area contributed by atoms with Crippen LogP contribution in [0, 0.1) is 11.8 Å². The van der Waals surface area contributed by atoms with Gasteiger partial charge in [-0.1, -0.05) is 19.9 Å². The highest BCUT2D eigenvalue weighted by Gasteiger charge is 2.34. The fourth-order valence-electron chi connectivity index (χ4n) is 4.57. The molecule has 2 unspecified atom stereocenters. The summed E-state index contributed by atoms with van der Waals surface area (Å²) in [6.45, 7) is 11.5. The Morgan fingerprint density at radius 3 is 2.48 bits per heavy atom. The third-order valence-electron chi connectivity index (χ3n) is 5.47. The second-order valence-corrected chi connectivity index (χ2v) is 7.57. The van der Waals surface area contributed by atoms with E-state index in [4.69, 9.17) is 0 Å². The van der Waals surface area contributed by atoms with Crippen molar-refractivity contribution in [3.63, 3.8) is 0 Å². The smallest absolute Gasteiger partial charge is 0.104 e. The maximum Gasteiger partial charge on any atom is 0.104 e. The van der Waals surface area contributed by atoms with Crippen LogP contribution in [0.4, 0.5) is 0 Å². The minimum atomic E-state index is 0.921. The minimum Gasteiger partial charge on any atom is -0.332 e. The van der Waals surface area contributed by atoms with E-state index in [2.05, 4.69) is 31.0 Å². The molecule has 3 heteroatoms. The second-order valence-electron chi connectivity index (χ2n) is 7.57. The van der Waals surface area contributed by atoms with Crippen molar-refractivity contribution in [1.29, 1.82) is 0 Å². The van der Waals surface area contributed by atoms with Gasteiger partial charge in [0.1, 0.15) is 6.54 Å². The molecule has 2 aliphatic heterocycles. The predicted molar refractivity (Wildman–Crippen MR) is 85.3 cm³/mol. The van der Waals surface area contributed by atoms with E-state index < -0.39 is 0 Å². The number of hydrogen-bond acceptors (Lipinski definition) is 1. The van der Waals surface area contributed by atoms with Crippen molar-refractivity contribution < 1.29 is 9.80 Å². The topological polar surface area (TPSA) is 21.8 Å². The van der Waals surface area contributed by atoms with Crippen LogP contribution in [0.2, 0.25) is 0 Å². The summed E-state index contributed by atoms with van der Waals surface area (Å²) in [5, 5.41) is 0. The fourth-order valence-corrected chi connectivity index (χ4v) is 4.57. The van der Waals surface area contributed by atoms with Crippen LogP contribution in [0.5, 0.6) is 0 Å². The first-order chi connectivity index (χ1) is 10.2. The van der Waals surface area contributed by atoms with Gasteiger partial charge < -0.3 is 9.80 Å². The Morgan fingerprint density at radius 1 is 1.14 bits per heavy atom. The van der Waals surface area contributed by atoms with E-state index in [-0.39, 0.29) is 0 Å². The van der Waals surface area contributed by atoms with Gasteiger partial charge in [-0.3, -0.25) is 4.98 Å². The van der Waals surface area contributed by atoms with Crippen LogP contribution in [0.3, 0.4) is 0 Å². The third kappa shape index (κ3) is 4.04. The molecule has 21 heavy (non-hydrogen) atoms. The summed E-state index contributed by atoms with van der Waals surface area (Å²) in [7, 11) is 0. The summed E-state index contributed by atoms with van der Waals surface area (Å²) in [4.78, 5) is 7.89. The van der Waals surface area contributed by atoms with Crippen LogP contribution >= 0.6 is 0 Å². The molecule has 116 valence electrons. The second kappa shape index (κ2) is 6.89. The molecule has 0 spiro atoms. The lowest BCUT2D eigenvalue weighted by molar-refractivity contribution is -0.969. The molecule has 2 aliphatic rings. The number of likely N-dealkylation sites (tertiary alicyclic amines) is 2. The first-order valence-corrected chi connectivity index (χ1v) is 8.77. The Bertz CT molecular complexity index is 415. The van der Waals surface area contributed by atoms with E-state index in [0.29, 0.717) is 0 Å². The summed E-state index contributed by atoms with van der Waals surface area (Å²) < 4.78 is 0. The van der Waals surface area contributed by atoms with Gasteiger partial charge in [-0.25, -0.2) is 0 Å². The van der Waals surface area contributed by atoms with Crippen LogP contribution in [0.25, 0.3) is 0 Å². The summed E-state index contributed by atoms with van der Waals surface area (Å²) in [6, 6.07) is 5.20. The molecule has 2 saturated heterocycles. The highest BCUT2D eigenvalue weighted by Crippen LogP contribution is 2.13. The number of piperidine rings is 2. The molecular weight excluding hydrogens is 258 g/mol. The van der Waals surface area contributed by atoms with Crippen molar-refractivity contribution in [2.75, 3.05) is 26.2 Å². The molecule has 0 bridgehead atoms. The van der Waals surface area contributed by atoms with E-state index >= 15 is 0 Å². The van der Waals surface area contributed by atoms with Crippen LogP contribution < -0.4 is 9.80 Å². The Balaban J connectivity index is 1.48. The molecule has 2 atom stereocenters. The van der Waals surface area contributed by atoms with E-state index in [1.807, 2.05) is 17.3 Å². The van der Waals surface area contributed by atoms with Crippen LogP contribution in [-0.4, -0.2) is 37.2 Å². The van der Waals surface area contributed by atoms with Crippen molar-refractivity contribution in [1.82, 2.24) is 4.98 Å². The average molecular weight is 289 g/mol. The molecule has 0 amide bonds. The average Bonchev–Trinajstić information content (AvgIpc) is 2.48. The summed E-state index contributed by atoms with van der Waals surface area (Å²) in [5.74, 6) is 1.84. The summed E-state index contributed by atoms with van der Waals surface area (Å²) in [6.07, 6.45) is 8.15. The van der Waals surface area contributed by atoms with E-state index in [1.165, 1.54) is 51.0 Å². The lowest BCUT2D eigenvalue weighted by atomic mass is 9.89. The standard InChI is InChI=1S/C18H29N3/c1-15-10-16(2)13-21(12-15)18-5-8-20(9-6-18)14-17-4-3-7-19-11-17/h3-4,7,11,15-16,18H,5-6,8-10,12-14H2,1-2H3/p+2. The van der Waals surface area contributed by atoms with Gasteiger partial charge in [-0.15, -0.1) is 0 Å². The number of hydrogen-bond donors (Lipinski definition) is 2. The monoisotopic (exact) mass is 289 g/mol. The summed E-state index contributed by atoms with van der Waals surface area (Å²) >= 11 is 0. The quantitative estimate of drug-likeness (QED) is 0.815. The first kappa shape index (κ1) is 15.0. The number of nitrogens with one attached hydrogen (secondary N) is 2. The Labute approximate surface area is 129 Å². The SMILES string of the molecule is CC1CC(C)C[NH+](C2CC[NH+](Cc3cccnc3)CC2)C1. The van der Waals surface area contributed by atoms with Crippen molar-refractivity contribution in [3.05, 3.63) is 30.1 Å². The van der Waals surface area contributed by atoms with Crippen molar-refractivity contribution in [2.24, 2.45) is 11.8 Å². The van der Waals surface area contributed by atoms with Gasteiger partial charge in [0.15, 0.2) is 0 Å². The molecule has 3 rings (SSSR count). The number of quaternary nitrogens is 2. The zero-order valence-electron chi connectivity index (χ0n) is 13.6. The van der Waals surface area contributed by atoms with Crippen LogP contribution in [-0.2, 0) is 6.54 Å². The van der Waals surface area contributed by atoms with Gasteiger partial charge in [-0.05, 0) is 12.5 Å². The van der Waals surface area contributed by atoms with Crippen molar-refractivity contribution in [2.45, 2.75) is 45.7 Å². The van der Waals surface area contributed by atoms with Crippen molar-refractivity contribution in [3.8, 4) is 0 Å². The third-order valence-corrected chi connectivity index (χ3v) is 5.47. The van der Waals surface area contributed by atoms with Gasteiger partial charge in [-0.2, -0.15) is 0 Å². The van der Waals surface area contributed by atoms with E-state index in [9.17, 15) is 0 Å². The number of pyridine rings is 1. The Morgan fingerprint density at radius 2 is 1.86 bits per heavy atom. The Kier molecular flexibility index (Phi) is 4.91. The van der Waals surface area contributed by atoms with E-state index in [0.717, 1.165) is 24.4 Å². The van der Waals surface area contributed by atoms with Crippen LogP contribution in [0.15, 0.2) is 24.5 Å². The Hall–Kier alpha value is -0.930. The van der Waals surface area contributed by atoms with Crippen molar-refractivity contribution >= 4 is 0 Å². The largest absolute Gasteiger partial charge is 0.332 e. The van der Waals surface area contributed by atoms with Crippen LogP contribution in [0.1, 0.15) is 38.7 Å². The molecule has 2 N–H and O–H groups in total. The normalized spacial score (nSPS) is 37.3. The van der Waals surface area contributed by atoms with Gasteiger partial charge in [0.2, 0.25) is 0 Å². The van der Waals surface area contributed by atoms with Gasteiger partial charge in [0.25, 0.3) is 0 Å². The zero-order valence-corrected chi connectivity index (χ0v) is 13.6. The predicted octanol–water partition coefficient (Wildman–Crippen LogP) is 0.190. The van der Waals surface area contributed by atoms with Gasteiger partial charge in [0.05, 0.1) is 32.2 Å². The molecule has 1 aromatic rings. The molecule has 0 aliphatic carbocycles. The molecular formula is C18H31N3+2. The molecule has 2 fully saturated rings. The molecule has 1 aromatic heterocycles. The number of nitrogens with zero attached hydrogens (tertiary/aromatic N) is 1. The maximum atomic E-state index is 4.24. The highest BCUT2D eigenvalue weighted by molar-refractivity contribution is 5.06. The first-order valence-electron chi connectivity index (χ1n) is 8.77. The summed E-state index contributed by atoms with van der Waals surface area (Å²) in [5.41, 5.74) is 1.39. The molecule has 0 radical (unpaired) electrons. The lowest BCUT2D eigenvalue weighted by Crippen LogP contribution is -3.21. The maximum absolute atomic E-state index is 4.24. The van der Waals surface area contributed by atoms with Gasteiger partial charge >= 0.3 is 0 Å². The number of aromatic nitrogens is 1. The zero-order chi connectivity index (χ0) is 14.7. The van der Waals surface area contributed by atoms with Gasteiger partial charge in [0, 0.05) is 42.6 Å². The highest BCUT2D eigenvalue weighted by atomic mass is 15.2. The minimum absolute atomic E-state index is 0.921. The number of rotatable bonds is 3.